The molecule has 3 rings (SSSR count). The van der Waals surface area contributed by atoms with Crippen molar-refractivity contribution in [2.45, 2.75) is 26.7 Å². The minimum Gasteiger partial charge on any atom is -0.503 e. The summed E-state index contributed by atoms with van der Waals surface area (Å²) in [6.07, 6.45) is 0. The van der Waals surface area contributed by atoms with Crippen LogP contribution in [0.2, 0.25) is 0 Å². The van der Waals surface area contributed by atoms with Crippen molar-refractivity contribution in [1.29, 1.82) is 0 Å². The molecule has 2 unspecified atom stereocenters. The third-order valence-electron chi connectivity index (χ3n) is 4.60. The molecule has 0 radical (unpaired) electrons. The lowest BCUT2D eigenvalue weighted by Gasteiger charge is -2.27. The Morgan fingerprint density at radius 2 is 1.69 bits per heavy atom. The van der Waals surface area contributed by atoms with Gasteiger partial charge in [0, 0.05) is 17.3 Å². The molecule has 0 aromatic heterocycles. The fourth-order valence-electron chi connectivity index (χ4n) is 3.42. The summed E-state index contributed by atoms with van der Waals surface area (Å²) in [7, 11) is 0. The van der Waals surface area contributed by atoms with Gasteiger partial charge in [0.1, 0.15) is 0 Å². The van der Waals surface area contributed by atoms with Crippen LogP contribution in [0, 0.1) is 11.8 Å². The summed E-state index contributed by atoms with van der Waals surface area (Å²) in [6.45, 7) is 5.66. The molecular formula is C17H19BrN4O4. The summed E-state index contributed by atoms with van der Waals surface area (Å²) in [6, 6.07) is 3.35. The third-order valence-corrected chi connectivity index (χ3v) is 5.21. The summed E-state index contributed by atoms with van der Waals surface area (Å²) in [5.41, 5.74) is 6.80. The van der Waals surface area contributed by atoms with Crippen molar-refractivity contribution >= 4 is 39.2 Å². The van der Waals surface area contributed by atoms with Crippen LogP contribution in [0.25, 0.3) is 0 Å². The molecule has 0 fully saturated rings. The zero-order chi connectivity index (χ0) is 19.0. The molecule has 1 aromatic rings. The zero-order valence-corrected chi connectivity index (χ0v) is 16.1. The Morgan fingerprint density at radius 1 is 1.15 bits per heavy atom. The lowest BCUT2D eigenvalue weighted by molar-refractivity contribution is -0.125. The van der Waals surface area contributed by atoms with E-state index in [9.17, 15) is 14.7 Å². The standard InChI is InChI=1S/C17H19BrN4O4/c1-4-26-11-6-9(5-10(18)15(11)23)14(12-7(2)19-21-16(12)24)13-8(3)20-22-17(13)25/h5-6,12-14,23H,4H2,1-3H3,(H,21,24)(H,22,25). The monoisotopic (exact) mass is 422 g/mol. The Hall–Kier alpha value is -2.42. The predicted octanol–water partition coefficient (Wildman–Crippen LogP) is 1.88. The van der Waals surface area contributed by atoms with Gasteiger partial charge in [-0.25, -0.2) is 10.9 Å². The second-order valence-electron chi connectivity index (χ2n) is 6.22. The fourth-order valence-corrected chi connectivity index (χ4v) is 3.88. The first-order valence-electron chi connectivity index (χ1n) is 8.18. The third kappa shape index (κ3) is 3.07. The van der Waals surface area contributed by atoms with Gasteiger partial charge in [0.25, 0.3) is 0 Å². The molecule has 8 nitrogen and oxygen atoms in total. The van der Waals surface area contributed by atoms with Gasteiger partial charge in [-0.1, -0.05) is 0 Å². The van der Waals surface area contributed by atoms with Crippen molar-refractivity contribution in [2.75, 3.05) is 6.61 Å². The molecule has 3 N–H and O–H groups in total. The zero-order valence-electron chi connectivity index (χ0n) is 14.5. The van der Waals surface area contributed by atoms with Crippen LogP contribution in [0.1, 0.15) is 32.3 Å². The number of carbonyl (C=O) groups is 2. The molecule has 1 aromatic carbocycles. The predicted molar refractivity (Wildman–Crippen MR) is 99.2 cm³/mol. The summed E-state index contributed by atoms with van der Waals surface area (Å²) in [5, 5.41) is 18.2. The largest absolute Gasteiger partial charge is 0.503 e. The van der Waals surface area contributed by atoms with Gasteiger partial charge in [0.05, 0.1) is 22.9 Å². The number of nitrogens with one attached hydrogen (secondary N) is 2. The SMILES string of the molecule is CCOc1cc(C(C2C(=O)NN=C2C)C2C(=O)NN=C2C)cc(Br)c1O. The van der Waals surface area contributed by atoms with Crippen LogP contribution in [-0.2, 0) is 9.59 Å². The average Bonchev–Trinajstić information content (AvgIpc) is 3.09. The Labute approximate surface area is 158 Å². The van der Waals surface area contributed by atoms with Crippen LogP contribution in [0.4, 0.5) is 0 Å². The number of phenols is 1. The second kappa shape index (κ2) is 7.06. The van der Waals surface area contributed by atoms with Crippen molar-refractivity contribution in [3.63, 3.8) is 0 Å². The van der Waals surface area contributed by atoms with Crippen molar-refractivity contribution < 1.29 is 19.4 Å². The number of nitrogens with zero attached hydrogens (tertiary/aromatic N) is 2. The summed E-state index contributed by atoms with van der Waals surface area (Å²) < 4.78 is 5.92. The van der Waals surface area contributed by atoms with Crippen LogP contribution in [0.5, 0.6) is 11.5 Å². The lowest BCUT2D eigenvalue weighted by atomic mass is 9.73. The van der Waals surface area contributed by atoms with E-state index in [0.717, 1.165) is 0 Å². The average molecular weight is 423 g/mol. The maximum Gasteiger partial charge on any atom is 0.249 e. The number of aromatic hydroxyl groups is 1. The van der Waals surface area contributed by atoms with Gasteiger partial charge in [0.15, 0.2) is 11.5 Å². The second-order valence-corrected chi connectivity index (χ2v) is 7.08. The first-order chi connectivity index (χ1) is 12.3. The summed E-state index contributed by atoms with van der Waals surface area (Å²) in [5.74, 6) is -2.09. The number of hydrogen-bond donors (Lipinski definition) is 3. The number of carbonyl (C=O) groups excluding carboxylic acids is 2. The van der Waals surface area contributed by atoms with Crippen LogP contribution >= 0.6 is 15.9 Å². The molecule has 2 heterocycles. The fraction of sp³-hybridized carbons (Fsp3) is 0.412. The van der Waals surface area contributed by atoms with Gasteiger partial charge in [-0.3, -0.25) is 9.59 Å². The molecule has 2 amide bonds. The minimum absolute atomic E-state index is 0.0307. The molecule has 26 heavy (non-hydrogen) atoms. The number of benzene rings is 1. The van der Waals surface area contributed by atoms with Gasteiger partial charge in [-0.05, 0) is 54.4 Å². The van der Waals surface area contributed by atoms with Gasteiger partial charge in [0.2, 0.25) is 11.8 Å². The van der Waals surface area contributed by atoms with Gasteiger partial charge < -0.3 is 9.84 Å². The number of hydrogen-bond acceptors (Lipinski definition) is 6. The Balaban J connectivity index is 2.16. The molecule has 2 atom stereocenters. The van der Waals surface area contributed by atoms with E-state index in [1.54, 1.807) is 32.9 Å². The van der Waals surface area contributed by atoms with Crippen molar-refractivity contribution in [2.24, 2.45) is 22.0 Å². The Kier molecular flexibility index (Phi) is 4.99. The van der Waals surface area contributed by atoms with E-state index in [2.05, 4.69) is 37.0 Å². The molecule has 2 aliphatic rings. The summed E-state index contributed by atoms with van der Waals surface area (Å²) in [4.78, 5) is 24.9. The van der Waals surface area contributed by atoms with E-state index in [1.165, 1.54) is 0 Å². The van der Waals surface area contributed by atoms with E-state index >= 15 is 0 Å². The van der Waals surface area contributed by atoms with Crippen LogP contribution in [-0.4, -0.2) is 35.0 Å². The number of amides is 2. The van der Waals surface area contributed by atoms with E-state index in [4.69, 9.17) is 4.74 Å². The lowest BCUT2D eigenvalue weighted by Crippen LogP contribution is -2.38. The molecule has 2 aliphatic heterocycles. The quantitative estimate of drug-likeness (QED) is 0.671. The van der Waals surface area contributed by atoms with E-state index in [0.29, 0.717) is 28.1 Å². The Morgan fingerprint density at radius 3 is 2.12 bits per heavy atom. The number of phenolic OH excluding ortho intramolecular Hbond substituents is 1. The van der Waals surface area contributed by atoms with E-state index in [-0.39, 0.29) is 23.3 Å². The highest BCUT2D eigenvalue weighted by molar-refractivity contribution is 9.10. The van der Waals surface area contributed by atoms with Crippen molar-refractivity contribution in [1.82, 2.24) is 10.9 Å². The van der Waals surface area contributed by atoms with Gasteiger partial charge in [-0.2, -0.15) is 10.2 Å². The number of halogens is 1. The van der Waals surface area contributed by atoms with Gasteiger partial charge in [-0.15, -0.1) is 0 Å². The molecule has 0 bridgehead atoms. The Bertz CT molecular complexity index is 798. The van der Waals surface area contributed by atoms with E-state index < -0.39 is 17.8 Å². The van der Waals surface area contributed by atoms with Crippen LogP contribution in [0.3, 0.4) is 0 Å². The molecule has 9 heteroatoms. The maximum atomic E-state index is 12.4. The molecule has 0 saturated heterocycles. The smallest absolute Gasteiger partial charge is 0.249 e. The highest BCUT2D eigenvalue weighted by atomic mass is 79.9. The topological polar surface area (TPSA) is 112 Å². The van der Waals surface area contributed by atoms with Crippen molar-refractivity contribution in [3.8, 4) is 11.5 Å². The highest BCUT2D eigenvalue weighted by Gasteiger charge is 2.46. The highest BCUT2D eigenvalue weighted by Crippen LogP contribution is 2.43. The summed E-state index contributed by atoms with van der Waals surface area (Å²) >= 11 is 3.32. The molecule has 0 aliphatic carbocycles. The van der Waals surface area contributed by atoms with E-state index in [1.807, 2.05) is 0 Å². The number of ether oxygens (including phenoxy) is 1. The number of rotatable bonds is 5. The van der Waals surface area contributed by atoms with Crippen LogP contribution < -0.4 is 15.6 Å². The molecular weight excluding hydrogens is 404 g/mol. The first kappa shape index (κ1) is 18.4. The molecule has 138 valence electrons. The molecule has 0 saturated carbocycles. The minimum atomic E-state index is -0.625. The van der Waals surface area contributed by atoms with Crippen LogP contribution in [0.15, 0.2) is 26.8 Å². The maximum absolute atomic E-state index is 12.4. The van der Waals surface area contributed by atoms with Gasteiger partial charge >= 0.3 is 0 Å². The first-order valence-corrected chi connectivity index (χ1v) is 8.97. The molecule has 0 spiro atoms. The van der Waals surface area contributed by atoms with Crippen molar-refractivity contribution in [3.05, 3.63) is 22.2 Å². The normalized spacial score (nSPS) is 23.2. The number of hydrazone groups is 2.